The molecule has 1 aliphatic heterocycles. The van der Waals surface area contributed by atoms with Gasteiger partial charge in [-0.25, -0.2) is 0 Å². The van der Waals surface area contributed by atoms with E-state index in [0.29, 0.717) is 19.4 Å². The molecule has 1 aliphatic rings. The van der Waals surface area contributed by atoms with Crippen LogP contribution in [0.1, 0.15) is 12.8 Å². The highest BCUT2D eigenvalue weighted by Crippen LogP contribution is 2.12. The second kappa shape index (κ2) is 4.35. The number of aliphatic hydroxyl groups excluding tert-OH is 2. The number of hydrogen-bond acceptors (Lipinski definition) is 3. The Morgan fingerprint density at radius 2 is 2.36 bits per heavy atom. The maximum atomic E-state index is 9.17. The molecular weight excluding hydrogens is 144 g/mol. The lowest BCUT2D eigenvalue weighted by Crippen LogP contribution is -2.27. The molecule has 0 aromatic rings. The van der Waals surface area contributed by atoms with Gasteiger partial charge in [-0.1, -0.05) is 11.8 Å². The van der Waals surface area contributed by atoms with Gasteiger partial charge in [-0.3, -0.25) is 0 Å². The Labute approximate surface area is 66.0 Å². The van der Waals surface area contributed by atoms with Crippen molar-refractivity contribution in [3.8, 4) is 11.8 Å². The van der Waals surface area contributed by atoms with Crippen LogP contribution >= 0.6 is 0 Å². The maximum Gasteiger partial charge on any atom is 0.120 e. The van der Waals surface area contributed by atoms with Gasteiger partial charge in [0.2, 0.25) is 0 Å². The van der Waals surface area contributed by atoms with Crippen LogP contribution in [0.25, 0.3) is 0 Å². The Balaban J connectivity index is 2.34. The summed E-state index contributed by atoms with van der Waals surface area (Å²) >= 11 is 0. The minimum Gasteiger partial charge on any atom is -0.393 e. The molecule has 1 fully saturated rings. The Morgan fingerprint density at radius 1 is 1.55 bits per heavy atom. The van der Waals surface area contributed by atoms with Gasteiger partial charge in [-0.2, -0.15) is 0 Å². The van der Waals surface area contributed by atoms with Crippen LogP contribution in [0.4, 0.5) is 0 Å². The average Bonchev–Trinajstić information content (AvgIpc) is 2.01. The summed E-state index contributed by atoms with van der Waals surface area (Å²) in [5, 5.41) is 17.5. The zero-order chi connectivity index (χ0) is 8.10. The molecule has 2 N–H and O–H groups in total. The first-order valence-corrected chi connectivity index (χ1v) is 3.72. The van der Waals surface area contributed by atoms with Gasteiger partial charge in [0.1, 0.15) is 12.7 Å². The molecule has 11 heavy (non-hydrogen) atoms. The topological polar surface area (TPSA) is 49.7 Å². The molecule has 0 bridgehead atoms. The molecule has 3 nitrogen and oxygen atoms in total. The molecule has 0 aromatic heterocycles. The summed E-state index contributed by atoms with van der Waals surface area (Å²) in [4.78, 5) is 0. The molecule has 0 radical (unpaired) electrons. The third kappa shape index (κ3) is 2.89. The highest BCUT2D eigenvalue weighted by molar-refractivity contribution is 5.06. The van der Waals surface area contributed by atoms with E-state index < -0.39 is 0 Å². The Bertz CT molecular complexity index is 168. The summed E-state index contributed by atoms with van der Waals surface area (Å²) in [6.45, 7) is 0.419. The predicted octanol–water partition coefficient (Wildman–Crippen LogP) is -0.478. The highest BCUT2D eigenvalue weighted by Gasteiger charge is 2.18. The van der Waals surface area contributed by atoms with E-state index in [1.165, 1.54) is 0 Å². The quantitative estimate of drug-likeness (QED) is 0.466. The van der Waals surface area contributed by atoms with Gasteiger partial charge in [0, 0.05) is 6.42 Å². The third-order valence-electron chi connectivity index (χ3n) is 1.60. The maximum absolute atomic E-state index is 9.17. The summed E-state index contributed by atoms with van der Waals surface area (Å²) in [5.74, 6) is 5.23. The van der Waals surface area contributed by atoms with Gasteiger partial charge >= 0.3 is 0 Å². The van der Waals surface area contributed by atoms with Crippen molar-refractivity contribution in [1.29, 1.82) is 0 Å². The van der Waals surface area contributed by atoms with Crippen molar-refractivity contribution in [3.05, 3.63) is 0 Å². The lowest BCUT2D eigenvalue weighted by molar-refractivity contribution is -0.0169. The number of aliphatic hydroxyl groups is 2. The molecule has 3 heteroatoms. The Kier molecular flexibility index (Phi) is 3.37. The van der Waals surface area contributed by atoms with E-state index in [1.54, 1.807) is 0 Å². The zero-order valence-electron chi connectivity index (χ0n) is 6.29. The van der Waals surface area contributed by atoms with Crippen LogP contribution < -0.4 is 0 Å². The monoisotopic (exact) mass is 156 g/mol. The lowest BCUT2D eigenvalue weighted by Gasteiger charge is -2.22. The summed E-state index contributed by atoms with van der Waals surface area (Å²) < 4.78 is 5.21. The smallest absolute Gasteiger partial charge is 0.120 e. The van der Waals surface area contributed by atoms with Crippen molar-refractivity contribution >= 4 is 0 Å². The van der Waals surface area contributed by atoms with Crippen LogP contribution in [0.3, 0.4) is 0 Å². The van der Waals surface area contributed by atoms with Crippen LogP contribution in [0.5, 0.6) is 0 Å². The second-order valence-electron chi connectivity index (χ2n) is 2.52. The van der Waals surface area contributed by atoms with Crippen molar-refractivity contribution in [3.63, 3.8) is 0 Å². The van der Waals surface area contributed by atoms with E-state index in [-0.39, 0.29) is 18.8 Å². The predicted molar refractivity (Wildman–Crippen MR) is 39.8 cm³/mol. The molecule has 1 saturated heterocycles. The van der Waals surface area contributed by atoms with Crippen molar-refractivity contribution in [2.24, 2.45) is 0 Å². The van der Waals surface area contributed by atoms with Gasteiger partial charge in [0.25, 0.3) is 0 Å². The van der Waals surface area contributed by atoms with E-state index in [2.05, 4.69) is 11.8 Å². The molecule has 62 valence electrons. The SMILES string of the molecule is OCC#CC1CC(O)CCO1. The van der Waals surface area contributed by atoms with Crippen molar-refractivity contribution in [1.82, 2.24) is 0 Å². The van der Waals surface area contributed by atoms with Crippen molar-refractivity contribution in [2.45, 2.75) is 25.0 Å². The van der Waals surface area contributed by atoms with Crippen LogP contribution in [-0.2, 0) is 4.74 Å². The van der Waals surface area contributed by atoms with E-state index in [4.69, 9.17) is 14.9 Å². The van der Waals surface area contributed by atoms with Crippen LogP contribution in [0, 0.1) is 11.8 Å². The van der Waals surface area contributed by atoms with Crippen molar-refractivity contribution < 1.29 is 14.9 Å². The van der Waals surface area contributed by atoms with E-state index in [9.17, 15) is 0 Å². The average molecular weight is 156 g/mol. The fourth-order valence-electron chi connectivity index (χ4n) is 1.04. The van der Waals surface area contributed by atoms with E-state index in [0.717, 1.165) is 0 Å². The van der Waals surface area contributed by atoms with Gasteiger partial charge in [0.05, 0.1) is 12.7 Å². The first-order valence-electron chi connectivity index (χ1n) is 3.72. The van der Waals surface area contributed by atoms with Gasteiger partial charge in [-0.05, 0) is 6.42 Å². The first kappa shape index (κ1) is 8.54. The lowest BCUT2D eigenvalue weighted by atomic mass is 10.1. The molecule has 1 heterocycles. The van der Waals surface area contributed by atoms with E-state index in [1.807, 2.05) is 0 Å². The second-order valence-corrected chi connectivity index (χ2v) is 2.52. The highest BCUT2D eigenvalue weighted by atomic mass is 16.5. The van der Waals surface area contributed by atoms with Gasteiger partial charge in [-0.15, -0.1) is 0 Å². The summed E-state index contributed by atoms with van der Waals surface area (Å²) in [5.41, 5.74) is 0. The van der Waals surface area contributed by atoms with Crippen molar-refractivity contribution in [2.75, 3.05) is 13.2 Å². The summed E-state index contributed by atoms with van der Waals surface area (Å²) in [7, 11) is 0. The fraction of sp³-hybridized carbons (Fsp3) is 0.750. The van der Waals surface area contributed by atoms with Crippen LogP contribution in [0.2, 0.25) is 0 Å². The Hall–Kier alpha value is -0.560. The molecule has 0 spiro atoms. The summed E-state index contributed by atoms with van der Waals surface area (Å²) in [6, 6.07) is 0. The molecule has 2 atom stereocenters. The molecular formula is C8H12O3. The van der Waals surface area contributed by atoms with Crippen LogP contribution in [-0.4, -0.2) is 35.6 Å². The molecule has 0 saturated carbocycles. The third-order valence-corrected chi connectivity index (χ3v) is 1.60. The van der Waals surface area contributed by atoms with Gasteiger partial charge < -0.3 is 14.9 Å². The Morgan fingerprint density at radius 3 is 3.00 bits per heavy atom. The largest absolute Gasteiger partial charge is 0.393 e. The van der Waals surface area contributed by atoms with Crippen LogP contribution in [0.15, 0.2) is 0 Å². The molecule has 1 rings (SSSR count). The zero-order valence-corrected chi connectivity index (χ0v) is 6.29. The molecule has 0 aliphatic carbocycles. The van der Waals surface area contributed by atoms with Gasteiger partial charge in [0.15, 0.2) is 0 Å². The molecule has 0 amide bonds. The molecule has 2 unspecified atom stereocenters. The molecule has 0 aromatic carbocycles. The fourth-order valence-corrected chi connectivity index (χ4v) is 1.04. The van der Waals surface area contributed by atoms with E-state index >= 15 is 0 Å². The normalized spacial score (nSPS) is 30.7. The number of hydrogen-bond donors (Lipinski definition) is 2. The number of rotatable bonds is 0. The standard InChI is InChI=1S/C8H12O3/c9-4-1-2-8-6-7(10)3-5-11-8/h7-10H,3-6H2. The summed E-state index contributed by atoms with van der Waals surface area (Å²) in [6.07, 6.45) is 0.775. The minimum atomic E-state index is -0.290. The first-order chi connectivity index (χ1) is 5.33. The minimum absolute atomic E-state index is 0.143. The number of ether oxygens (including phenoxy) is 1.